The van der Waals surface area contributed by atoms with Crippen LogP contribution in [0.15, 0.2) is 12.3 Å². The van der Waals surface area contributed by atoms with Crippen molar-refractivity contribution >= 4 is 17.7 Å². The Morgan fingerprint density at radius 1 is 1.14 bits per heavy atom. The fourth-order valence-electron chi connectivity index (χ4n) is 3.13. The van der Waals surface area contributed by atoms with Crippen LogP contribution < -0.4 is 15.5 Å². The average molecular weight is 303 g/mol. The molecule has 3 rings (SSSR count). The largest absolute Gasteiger partial charge is 0.356 e. The van der Waals surface area contributed by atoms with Crippen molar-refractivity contribution in [3.05, 3.63) is 12.3 Å². The van der Waals surface area contributed by atoms with Crippen molar-refractivity contribution in [3.8, 4) is 0 Å². The van der Waals surface area contributed by atoms with Gasteiger partial charge in [0.2, 0.25) is 11.9 Å². The van der Waals surface area contributed by atoms with Gasteiger partial charge in [-0.1, -0.05) is 12.8 Å². The molecule has 1 aromatic rings. The predicted octanol–water partition coefficient (Wildman–Crippen LogP) is 1.94. The molecule has 3 heterocycles. The third kappa shape index (κ3) is 3.87. The van der Waals surface area contributed by atoms with Gasteiger partial charge in [0.25, 0.3) is 0 Å². The van der Waals surface area contributed by atoms with Gasteiger partial charge in [0.05, 0.1) is 0 Å². The number of hydrogen-bond donors (Lipinski definition) is 2. The van der Waals surface area contributed by atoms with E-state index in [0.717, 1.165) is 44.7 Å². The molecular formula is C16H25N5O. The minimum Gasteiger partial charge on any atom is -0.356 e. The van der Waals surface area contributed by atoms with Crippen molar-refractivity contribution < 1.29 is 4.79 Å². The third-order valence-electron chi connectivity index (χ3n) is 4.41. The van der Waals surface area contributed by atoms with Crippen LogP contribution in [-0.4, -0.2) is 41.6 Å². The van der Waals surface area contributed by atoms with Crippen molar-refractivity contribution in [1.29, 1.82) is 0 Å². The highest BCUT2D eigenvalue weighted by Gasteiger charge is 2.21. The molecule has 1 atom stereocenters. The van der Waals surface area contributed by atoms with Gasteiger partial charge >= 0.3 is 0 Å². The Morgan fingerprint density at radius 3 is 2.77 bits per heavy atom. The van der Waals surface area contributed by atoms with E-state index in [0.29, 0.717) is 5.95 Å². The van der Waals surface area contributed by atoms with Crippen LogP contribution in [0.2, 0.25) is 0 Å². The molecule has 0 bridgehead atoms. The zero-order chi connectivity index (χ0) is 15.2. The zero-order valence-electron chi connectivity index (χ0n) is 13.1. The second-order valence-corrected chi connectivity index (χ2v) is 6.12. The highest BCUT2D eigenvalue weighted by molar-refractivity contribution is 5.84. The average Bonchev–Trinajstić information content (AvgIpc) is 2.92. The van der Waals surface area contributed by atoms with E-state index in [-0.39, 0.29) is 11.9 Å². The maximum absolute atomic E-state index is 12.0. The van der Waals surface area contributed by atoms with E-state index in [9.17, 15) is 4.79 Å². The van der Waals surface area contributed by atoms with E-state index in [2.05, 4.69) is 25.5 Å². The van der Waals surface area contributed by atoms with Gasteiger partial charge < -0.3 is 15.5 Å². The Morgan fingerprint density at radius 2 is 1.95 bits per heavy atom. The molecule has 0 spiro atoms. The molecule has 1 aromatic heterocycles. The van der Waals surface area contributed by atoms with E-state index in [4.69, 9.17) is 0 Å². The minimum atomic E-state index is -0.220. The number of carbonyl (C=O) groups is 1. The van der Waals surface area contributed by atoms with Crippen LogP contribution in [0, 0.1) is 0 Å². The number of hydrogen-bond acceptors (Lipinski definition) is 5. The van der Waals surface area contributed by atoms with Gasteiger partial charge in [-0.05, 0) is 38.2 Å². The lowest BCUT2D eigenvalue weighted by atomic mass is 10.1. The summed E-state index contributed by atoms with van der Waals surface area (Å²) >= 11 is 0. The molecule has 6 nitrogen and oxygen atoms in total. The molecule has 0 radical (unpaired) electrons. The number of carbonyl (C=O) groups excluding carboxylic acids is 1. The van der Waals surface area contributed by atoms with Crippen LogP contribution in [-0.2, 0) is 4.79 Å². The standard InChI is InChI=1S/C16H25N5O/c22-15-13(7-3-4-9-17-15)19-16-18-10-8-14(20-16)21-11-5-1-2-6-12-21/h8,10,13H,1-7,9,11-12H2,(H,17,22)(H,18,19,20). The lowest BCUT2D eigenvalue weighted by Crippen LogP contribution is -2.38. The molecule has 2 aliphatic heterocycles. The van der Waals surface area contributed by atoms with Crippen LogP contribution in [0.4, 0.5) is 11.8 Å². The molecular weight excluding hydrogens is 278 g/mol. The third-order valence-corrected chi connectivity index (χ3v) is 4.41. The number of rotatable bonds is 3. The van der Waals surface area contributed by atoms with Crippen molar-refractivity contribution in [3.63, 3.8) is 0 Å². The monoisotopic (exact) mass is 303 g/mol. The van der Waals surface area contributed by atoms with Gasteiger partial charge in [-0.2, -0.15) is 4.98 Å². The van der Waals surface area contributed by atoms with Crippen LogP contribution in [0.5, 0.6) is 0 Å². The molecule has 1 unspecified atom stereocenters. The van der Waals surface area contributed by atoms with Crippen molar-refractivity contribution in [2.75, 3.05) is 29.9 Å². The summed E-state index contributed by atoms with van der Waals surface area (Å²) in [6.07, 6.45) is 9.74. The van der Waals surface area contributed by atoms with E-state index in [1.54, 1.807) is 6.20 Å². The summed E-state index contributed by atoms with van der Waals surface area (Å²) in [6.45, 7) is 2.88. The zero-order valence-corrected chi connectivity index (χ0v) is 13.1. The molecule has 2 fully saturated rings. The predicted molar refractivity (Wildman–Crippen MR) is 87.0 cm³/mol. The van der Waals surface area contributed by atoms with Crippen molar-refractivity contribution in [2.45, 2.75) is 51.0 Å². The van der Waals surface area contributed by atoms with Crippen molar-refractivity contribution in [2.24, 2.45) is 0 Å². The van der Waals surface area contributed by atoms with Gasteiger partial charge in [-0.3, -0.25) is 4.79 Å². The number of nitrogens with one attached hydrogen (secondary N) is 2. The van der Waals surface area contributed by atoms with Crippen molar-refractivity contribution in [1.82, 2.24) is 15.3 Å². The normalized spacial score (nSPS) is 23.4. The Balaban J connectivity index is 1.68. The van der Waals surface area contributed by atoms with Gasteiger partial charge in [0, 0.05) is 25.8 Å². The van der Waals surface area contributed by atoms with E-state index >= 15 is 0 Å². The maximum atomic E-state index is 12.0. The molecule has 2 N–H and O–H groups in total. The summed E-state index contributed by atoms with van der Waals surface area (Å²) in [5, 5.41) is 6.14. The number of anilines is 2. The summed E-state index contributed by atoms with van der Waals surface area (Å²) in [5.74, 6) is 1.58. The first-order chi connectivity index (χ1) is 10.8. The first-order valence-electron chi connectivity index (χ1n) is 8.45. The maximum Gasteiger partial charge on any atom is 0.242 e. The number of amides is 1. The van der Waals surface area contributed by atoms with Crippen LogP contribution in [0.3, 0.4) is 0 Å². The molecule has 0 aliphatic carbocycles. The summed E-state index contributed by atoms with van der Waals surface area (Å²) in [7, 11) is 0. The molecule has 120 valence electrons. The van der Waals surface area contributed by atoms with E-state index in [1.807, 2.05) is 6.07 Å². The van der Waals surface area contributed by atoms with Gasteiger partial charge in [-0.15, -0.1) is 0 Å². The molecule has 6 heteroatoms. The SMILES string of the molecule is O=C1NCCCCC1Nc1nccc(N2CCCCCC2)n1. The highest BCUT2D eigenvalue weighted by Crippen LogP contribution is 2.19. The Labute approximate surface area is 131 Å². The van der Waals surface area contributed by atoms with Crippen LogP contribution >= 0.6 is 0 Å². The lowest BCUT2D eigenvalue weighted by Gasteiger charge is -2.22. The number of nitrogens with zero attached hydrogens (tertiary/aromatic N) is 3. The Bertz CT molecular complexity index is 499. The number of aromatic nitrogens is 2. The molecule has 0 saturated carbocycles. The van der Waals surface area contributed by atoms with Gasteiger partial charge in [-0.25, -0.2) is 4.98 Å². The molecule has 2 saturated heterocycles. The minimum absolute atomic E-state index is 0.0567. The summed E-state index contributed by atoms with van der Waals surface area (Å²) < 4.78 is 0. The van der Waals surface area contributed by atoms with Gasteiger partial charge in [0.15, 0.2) is 0 Å². The smallest absolute Gasteiger partial charge is 0.242 e. The summed E-state index contributed by atoms with van der Waals surface area (Å²) in [6, 6.07) is 1.74. The van der Waals surface area contributed by atoms with Crippen LogP contribution in [0.25, 0.3) is 0 Å². The second-order valence-electron chi connectivity index (χ2n) is 6.12. The van der Waals surface area contributed by atoms with Gasteiger partial charge in [0.1, 0.15) is 11.9 Å². The molecule has 2 aliphatic rings. The molecule has 0 aromatic carbocycles. The molecule has 22 heavy (non-hydrogen) atoms. The quantitative estimate of drug-likeness (QED) is 0.893. The van der Waals surface area contributed by atoms with Crippen LogP contribution in [0.1, 0.15) is 44.9 Å². The lowest BCUT2D eigenvalue weighted by molar-refractivity contribution is -0.121. The Kier molecular flexibility index (Phi) is 5.08. The topological polar surface area (TPSA) is 70.2 Å². The highest BCUT2D eigenvalue weighted by atomic mass is 16.2. The first-order valence-corrected chi connectivity index (χ1v) is 8.45. The first kappa shape index (κ1) is 15.1. The van der Waals surface area contributed by atoms with E-state index < -0.39 is 0 Å². The summed E-state index contributed by atoms with van der Waals surface area (Å²) in [4.78, 5) is 23.2. The summed E-state index contributed by atoms with van der Waals surface area (Å²) in [5.41, 5.74) is 0. The van der Waals surface area contributed by atoms with E-state index in [1.165, 1.54) is 25.7 Å². The molecule has 1 amide bonds. The second kappa shape index (κ2) is 7.42. The Hall–Kier alpha value is -1.85. The fraction of sp³-hybridized carbons (Fsp3) is 0.688. The fourth-order valence-corrected chi connectivity index (χ4v) is 3.13.